The molecule has 0 amide bonds. The van der Waals surface area contributed by atoms with Gasteiger partial charge in [-0.3, -0.25) is 0 Å². The Hall–Kier alpha value is -0.280. The van der Waals surface area contributed by atoms with Crippen molar-refractivity contribution in [3.8, 4) is 0 Å². The molecule has 0 radical (unpaired) electrons. The van der Waals surface area contributed by atoms with Crippen LogP contribution in [0, 0.1) is 0 Å². The lowest BCUT2D eigenvalue weighted by atomic mass is 10.0. The molecule has 0 saturated carbocycles. The number of carbonyl (C=O) groups is 1. The van der Waals surface area contributed by atoms with Crippen molar-refractivity contribution in [1.82, 2.24) is 0 Å². The first-order valence-electron chi connectivity index (χ1n) is 20.0. The second kappa shape index (κ2) is 37.2. The molecular weight excluding hydrogens is 562 g/mol. The molecule has 0 bridgehead atoms. The van der Waals surface area contributed by atoms with Crippen LogP contribution in [0.1, 0.15) is 219 Å². The summed E-state index contributed by atoms with van der Waals surface area (Å²) in [6, 6.07) is 0. The van der Waals surface area contributed by atoms with Crippen molar-refractivity contribution in [2.75, 3.05) is 33.8 Å². The number of hydrogen-bond donors (Lipinski definition) is 0. The molecule has 3 nitrogen and oxygen atoms in total. The minimum absolute atomic E-state index is 0. The monoisotopic (exact) mass is 644 g/mol. The van der Waals surface area contributed by atoms with Crippen molar-refractivity contribution in [3.63, 3.8) is 0 Å². The Kier molecular flexibility index (Phi) is 38.7. The fraction of sp³-hybridized carbons (Fsp3) is 0.975. The lowest BCUT2D eigenvalue weighted by Crippen LogP contribution is -3.00. The first kappa shape index (κ1) is 45.8. The maximum Gasteiger partial charge on any atom is 0.361 e. The van der Waals surface area contributed by atoms with E-state index in [1.807, 2.05) is 0 Å². The quantitative estimate of drug-likeness (QED) is 0.0386. The number of esters is 1. The van der Waals surface area contributed by atoms with E-state index >= 15 is 0 Å². The number of ether oxygens (including phenoxy) is 1. The zero-order valence-electron chi connectivity index (χ0n) is 30.9. The summed E-state index contributed by atoms with van der Waals surface area (Å²) >= 11 is 0. The molecule has 0 aromatic carbocycles. The van der Waals surface area contributed by atoms with Crippen LogP contribution in [0.25, 0.3) is 0 Å². The van der Waals surface area contributed by atoms with Gasteiger partial charge in [0, 0.05) is 0 Å². The van der Waals surface area contributed by atoms with Crippen LogP contribution in [-0.4, -0.2) is 44.2 Å². The number of quaternary nitrogens is 1. The van der Waals surface area contributed by atoms with Gasteiger partial charge in [-0.2, -0.15) is 0 Å². The number of rotatable bonds is 36. The molecule has 0 atom stereocenters. The van der Waals surface area contributed by atoms with Gasteiger partial charge in [-0.15, -0.1) is 0 Å². The van der Waals surface area contributed by atoms with E-state index in [1.165, 1.54) is 199 Å². The smallest absolute Gasteiger partial charge is 0.361 e. The molecule has 0 aromatic heterocycles. The van der Waals surface area contributed by atoms with Gasteiger partial charge >= 0.3 is 5.97 Å². The molecule has 0 aliphatic rings. The molecule has 0 rings (SSSR count). The van der Waals surface area contributed by atoms with E-state index in [1.54, 1.807) is 0 Å². The zero-order valence-corrected chi connectivity index (χ0v) is 31.6. The van der Waals surface area contributed by atoms with Gasteiger partial charge in [-0.25, -0.2) is 4.79 Å². The van der Waals surface area contributed by atoms with Gasteiger partial charge < -0.3 is 21.6 Å². The van der Waals surface area contributed by atoms with Crippen molar-refractivity contribution in [1.29, 1.82) is 0 Å². The molecule has 0 fully saturated rings. The number of nitrogens with zero attached hydrogens (tertiary/aromatic N) is 1. The Balaban J connectivity index is 0. The minimum Gasteiger partial charge on any atom is -1.00 e. The SMILES string of the molecule is CCCCCCCCCCCCCCCCCCOC(=O)C[N+](C)(C)CCCCCCCCCCCCCCCCCC.[Cl-]. The van der Waals surface area contributed by atoms with Gasteiger partial charge in [0.25, 0.3) is 0 Å². The molecule has 0 spiro atoms. The second-order valence-corrected chi connectivity index (χ2v) is 14.6. The predicted octanol–water partition coefficient (Wildman–Crippen LogP) is 10.1. The maximum absolute atomic E-state index is 12.4. The van der Waals surface area contributed by atoms with E-state index < -0.39 is 0 Å². The summed E-state index contributed by atoms with van der Waals surface area (Å²) in [4.78, 5) is 12.4. The normalized spacial score (nSPS) is 11.5. The lowest BCUT2D eigenvalue weighted by molar-refractivity contribution is -0.883. The van der Waals surface area contributed by atoms with E-state index in [9.17, 15) is 4.79 Å². The summed E-state index contributed by atoms with van der Waals surface area (Å²) in [6.07, 6.45) is 44.3. The van der Waals surface area contributed by atoms with E-state index in [0.29, 0.717) is 13.2 Å². The molecular formula is C40H82ClNO2. The molecule has 0 aromatic rings. The van der Waals surface area contributed by atoms with Gasteiger partial charge in [0.15, 0.2) is 6.54 Å². The second-order valence-electron chi connectivity index (χ2n) is 14.6. The zero-order chi connectivity index (χ0) is 31.5. The van der Waals surface area contributed by atoms with Crippen molar-refractivity contribution in [2.24, 2.45) is 0 Å². The highest BCUT2D eigenvalue weighted by Gasteiger charge is 2.20. The molecule has 4 heteroatoms. The van der Waals surface area contributed by atoms with Gasteiger partial charge in [-0.1, -0.05) is 200 Å². The lowest BCUT2D eigenvalue weighted by Gasteiger charge is -2.28. The third kappa shape index (κ3) is 37.9. The van der Waals surface area contributed by atoms with Crippen LogP contribution in [-0.2, 0) is 9.53 Å². The van der Waals surface area contributed by atoms with Gasteiger partial charge in [0.05, 0.1) is 27.2 Å². The fourth-order valence-electron chi connectivity index (χ4n) is 6.40. The van der Waals surface area contributed by atoms with E-state index in [0.717, 1.165) is 17.4 Å². The van der Waals surface area contributed by atoms with Gasteiger partial charge in [0.1, 0.15) is 0 Å². The highest BCUT2D eigenvalue weighted by atomic mass is 35.5. The summed E-state index contributed by atoms with van der Waals surface area (Å²) in [5.74, 6) is -0.0116. The Bertz CT molecular complexity index is 553. The summed E-state index contributed by atoms with van der Waals surface area (Å²) in [5, 5.41) is 0. The Labute approximate surface area is 284 Å². The molecule has 0 aliphatic heterocycles. The van der Waals surface area contributed by atoms with Gasteiger partial charge in [0.2, 0.25) is 0 Å². The van der Waals surface area contributed by atoms with E-state index in [4.69, 9.17) is 4.74 Å². The Morgan fingerprint density at radius 3 is 0.955 bits per heavy atom. The highest BCUT2D eigenvalue weighted by molar-refractivity contribution is 5.70. The standard InChI is InChI=1S/C40H82NO2.ClH/c1-5-7-9-11-13-15-17-19-21-23-25-27-29-31-33-35-37-41(3,4)39-40(42)43-38-36-34-32-30-28-26-24-22-20-18-16-14-12-10-8-6-2;/h5-39H2,1-4H3;1H/q+1;/p-1. The average Bonchev–Trinajstić information content (AvgIpc) is 2.98. The first-order valence-corrected chi connectivity index (χ1v) is 20.0. The molecule has 0 heterocycles. The van der Waals surface area contributed by atoms with E-state index in [-0.39, 0.29) is 18.4 Å². The van der Waals surface area contributed by atoms with Crippen molar-refractivity contribution in [2.45, 2.75) is 219 Å². The van der Waals surface area contributed by atoms with Crippen molar-refractivity contribution >= 4 is 5.97 Å². The summed E-state index contributed by atoms with van der Waals surface area (Å²) in [6.45, 7) is 6.78. The molecule has 0 saturated heterocycles. The van der Waals surface area contributed by atoms with Crippen molar-refractivity contribution < 1.29 is 26.4 Å². The number of carbonyl (C=O) groups excluding carboxylic acids is 1. The van der Waals surface area contributed by atoms with Crippen LogP contribution in [0.15, 0.2) is 0 Å². The average molecular weight is 645 g/mol. The summed E-state index contributed by atoms with van der Waals surface area (Å²) in [7, 11) is 4.36. The fourth-order valence-corrected chi connectivity index (χ4v) is 6.40. The third-order valence-electron chi connectivity index (χ3n) is 9.44. The van der Waals surface area contributed by atoms with Crippen LogP contribution in [0.5, 0.6) is 0 Å². The van der Waals surface area contributed by atoms with E-state index in [2.05, 4.69) is 27.9 Å². The number of likely N-dealkylation sites (N-methyl/N-ethyl adjacent to an activating group) is 1. The van der Waals surface area contributed by atoms with Crippen LogP contribution in [0.2, 0.25) is 0 Å². The van der Waals surface area contributed by atoms with Crippen LogP contribution in [0.4, 0.5) is 0 Å². The molecule has 44 heavy (non-hydrogen) atoms. The predicted molar refractivity (Wildman–Crippen MR) is 192 cm³/mol. The molecule has 266 valence electrons. The first-order chi connectivity index (χ1) is 21.0. The van der Waals surface area contributed by atoms with Crippen LogP contribution >= 0.6 is 0 Å². The molecule has 0 aliphatic carbocycles. The molecule has 0 N–H and O–H groups in total. The maximum atomic E-state index is 12.4. The summed E-state index contributed by atoms with van der Waals surface area (Å²) < 4.78 is 6.34. The minimum atomic E-state index is -0.0116. The number of hydrogen-bond acceptors (Lipinski definition) is 2. The highest BCUT2D eigenvalue weighted by Crippen LogP contribution is 2.16. The Morgan fingerprint density at radius 2 is 0.659 bits per heavy atom. The number of unbranched alkanes of at least 4 members (excludes halogenated alkanes) is 30. The van der Waals surface area contributed by atoms with Gasteiger partial charge in [-0.05, 0) is 19.3 Å². The molecule has 0 unspecified atom stereocenters. The summed E-state index contributed by atoms with van der Waals surface area (Å²) in [5.41, 5.74) is 0. The topological polar surface area (TPSA) is 26.3 Å². The Morgan fingerprint density at radius 1 is 0.409 bits per heavy atom. The van der Waals surface area contributed by atoms with Crippen LogP contribution < -0.4 is 12.4 Å². The van der Waals surface area contributed by atoms with Crippen molar-refractivity contribution in [3.05, 3.63) is 0 Å². The van der Waals surface area contributed by atoms with Crippen LogP contribution in [0.3, 0.4) is 0 Å². The third-order valence-corrected chi connectivity index (χ3v) is 9.44. The number of halogens is 1. The largest absolute Gasteiger partial charge is 1.00 e.